The van der Waals surface area contributed by atoms with Crippen LogP contribution in [0.25, 0.3) is 0 Å². The van der Waals surface area contributed by atoms with E-state index in [0.29, 0.717) is 24.6 Å². The molecule has 0 spiro atoms. The van der Waals surface area contributed by atoms with Crippen LogP contribution in [0.15, 0.2) is 24.3 Å². The molecule has 102 valence electrons. The van der Waals surface area contributed by atoms with Crippen LogP contribution >= 0.6 is 11.6 Å². The van der Waals surface area contributed by atoms with E-state index in [2.05, 4.69) is 5.32 Å². The normalized spacial score (nSPS) is 13.6. The fraction of sp³-hybridized carbons (Fsp3) is 0.500. The molecule has 1 aromatic rings. The Morgan fingerprint density at radius 3 is 2.67 bits per heavy atom. The molecule has 1 N–H and O–H groups in total. The standard InChI is InChI=1S/C12H15ClF3NO/c1-18-8-11(6-13)17-7-9-3-2-4-10(5-9)12(14,15)16/h2-5,11,17H,6-8H2,1H3. The third-order valence-electron chi connectivity index (χ3n) is 2.40. The second-order valence-electron chi connectivity index (χ2n) is 3.89. The molecular formula is C12H15ClF3NO. The Bertz CT molecular complexity index is 371. The summed E-state index contributed by atoms with van der Waals surface area (Å²) < 4.78 is 42.4. The zero-order valence-corrected chi connectivity index (χ0v) is 10.7. The summed E-state index contributed by atoms with van der Waals surface area (Å²) in [6.45, 7) is 0.743. The summed E-state index contributed by atoms with van der Waals surface area (Å²) in [6.07, 6.45) is -4.31. The van der Waals surface area contributed by atoms with Gasteiger partial charge >= 0.3 is 6.18 Å². The Morgan fingerprint density at radius 2 is 2.11 bits per heavy atom. The van der Waals surface area contributed by atoms with Gasteiger partial charge in [-0.3, -0.25) is 0 Å². The van der Waals surface area contributed by atoms with Crippen molar-refractivity contribution >= 4 is 11.6 Å². The number of nitrogens with one attached hydrogen (secondary N) is 1. The Kier molecular flexibility index (Phi) is 5.91. The summed E-state index contributed by atoms with van der Waals surface area (Å²) in [7, 11) is 1.55. The molecule has 1 unspecified atom stereocenters. The molecule has 0 radical (unpaired) electrons. The largest absolute Gasteiger partial charge is 0.416 e. The van der Waals surface area contributed by atoms with Crippen molar-refractivity contribution in [2.24, 2.45) is 0 Å². The van der Waals surface area contributed by atoms with Crippen molar-refractivity contribution in [1.82, 2.24) is 5.32 Å². The topological polar surface area (TPSA) is 21.3 Å². The van der Waals surface area contributed by atoms with E-state index in [9.17, 15) is 13.2 Å². The maximum atomic E-state index is 12.5. The fourth-order valence-corrected chi connectivity index (χ4v) is 1.68. The molecule has 6 heteroatoms. The molecule has 1 aromatic carbocycles. The molecule has 1 rings (SSSR count). The number of ether oxygens (including phenoxy) is 1. The van der Waals surface area contributed by atoms with E-state index in [1.165, 1.54) is 6.07 Å². The third-order valence-corrected chi connectivity index (χ3v) is 2.78. The summed E-state index contributed by atoms with van der Waals surface area (Å²) >= 11 is 5.69. The summed E-state index contributed by atoms with van der Waals surface area (Å²) in [5.74, 6) is 0.340. The number of hydrogen-bond acceptors (Lipinski definition) is 2. The maximum absolute atomic E-state index is 12.5. The summed E-state index contributed by atoms with van der Waals surface area (Å²) in [6, 6.07) is 5.14. The molecular weight excluding hydrogens is 267 g/mol. The molecule has 18 heavy (non-hydrogen) atoms. The zero-order chi connectivity index (χ0) is 13.6. The van der Waals surface area contributed by atoms with E-state index in [1.807, 2.05) is 0 Å². The SMILES string of the molecule is COCC(CCl)NCc1cccc(C(F)(F)F)c1. The molecule has 0 amide bonds. The minimum atomic E-state index is -4.31. The van der Waals surface area contributed by atoms with Crippen LogP contribution in [0.1, 0.15) is 11.1 Å². The predicted octanol–water partition coefficient (Wildman–Crippen LogP) is 3.05. The van der Waals surface area contributed by atoms with E-state index in [4.69, 9.17) is 16.3 Å². The first-order valence-electron chi connectivity index (χ1n) is 5.41. The lowest BCUT2D eigenvalue weighted by molar-refractivity contribution is -0.137. The summed E-state index contributed by atoms with van der Waals surface area (Å²) in [5, 5.41) is 3.04. The third kappa shape index (κ3) is 4.84. The van der Waals surface area contributed by atoms with Crippen molar-refractivity contribution in [3.63, 3.8) is 0 Å². The Morgan fingerprint density at radius 1 is 1.39 bits per heavy atom. The highest BCUT2D eigenvalue weighted by Crippen LogP contribution is 2.29. The van der Waals surface area contributed by atoms with Crippen LogP contribution in [0.4, 0.5) is 13.2 Å². The molecule has 0 aliphatic rings. The average molecular weight is 282 g/mol. The lowest BCUT2D eigenvalue weighted by Gasteiger charge is -2.15. The monoisotopic (exact) mass is 281 g/mol. The van der Waals surface area contributed by atoms with E-state index in [1.54, 1.807) is 13.2 Å². The van der Waals surface area contributed by atoms with Gasteiger partial charge in [0.05, 0.1) is 12.2 Å². The molecule has 0 saturated carbocycles. The van der Waals surface area contributed by atoms with Crippen molar-refractivity contribution in [1.29, 1.82) is 0 Å². The van der Waals surface area contributed by atoms with Crippen LogP contribution < -0.4 is 5.32 Å². The van der Waals surface area contributed by atoms with Gasteiger partial charge in [0.1, 0.15) is 0 Å². The Hall–Kier alpha value is -0.780. The maximum Gasteiger partial charge on any atom is 0.416 e. The highest BCUT2D eigenvalue weighted by atomic mass is 35.5. The van der Waals surface area contributed by atoms with Gasteiger partial charge in [-0.2, -0.15) is 13.2 Å². The minimum absolute atomic E-state index is 0.0776. The second kappa shape index (κ2) is 6.97. The molecule has 0 aliphatic heterocycles. The van der Waals surface area contributed by atoms with Crippen molar-refractivity contribution in [3.05, 3.63) is 35.4 Å². The van der Waals surface area contributed by atoms with Gasteiger partial charge in [-0.1, -0.05) is 18.2 Å². The van der Waals surface area contributed by atoms with Crippen LogP contribution in [0.5, 0.6) is 0 Å². The van der Waals surface area contributed by atoms with Crippen molar-refractivity contribution < 1.29 is 17.9 Å². The average Bonchev–Trinajstić information content (AvgIpc) is 2.34. The van der Waals surface area contributed by atoms with Gasteiger partial charge < -0.3 is 10.1 Å². The van der Waals surface area contributed by atoms with E-state index in [0.717, 1.165) is 12.1 Å². The first-order chi connectivity index (χ1) is 8.47. The minimum Gasteiger partial charge on any atom is -0.383 e. The van der Waals surface area contributed by atoms with Crippen LogP contribution in [-0.2, 0) is 17.5 Å². The number of benzene rings is 1. The van der Waals surface area contributed by atoms with Gasteiger partial charge in [0, 0.05) is 25.6 Å². The summed E-state index contributed by atoms with van der Waals surface area (Å²) in [5.41, 5.74) is -0.0768. The molecule has 0 saturated heterocycles. The smallest absolute Gasteiger partial charge is 0.383 e. The molecule has 0 fully saturated rings. The molecule has 1 atom stereocenters. The van der Waals surface area contributed by atoms with E-state index < -0.39 is 11.7 Å². The number of methoxy groups -OCH3 is 1. The first kappa shape index (κ1) is 15.3. The zero-order valence-electron chi connectivity index (χ0n) is 9.93. The molecule has 0 aliphatic carbocycles. The van der Waals surface area contributed by atoms with Crippen molar-refractivity contribution in [3.8, 4) is 0 Å². The van der Waals surface area contributed by atoms with Crippen LogP contribution in [0.2, 0.25) is 0 Å². The predicted molar refractivity (Wildman–Crippen MR) is 64.7 cm³/mol. The Balaban J connectivity index is 2.62. The fourth-order valence-electron chi connectivity index (χ4n) is 1.48. The summed E-state index contributed by atoms with van der Waals surface area (Å²) in [4.78, 5) is 0. The van der Waals surface area contributed by atoms with Crippen molar-refractivity contribution in [2.45, 2.75) is 18.8 Å². The van der Waals surface area contributed by atoms with Crippen LogP contribution in [-0.4, -0.2) is 25.6 Å². The molecule has 0 bridgehead atoms. The molecule has 0 aromatic heterocycles. The van der Waals surface area contributed by atoms with E-state index >= 15 is 0 Å². The number of hydrogen-bond donors (Lipinski definition) is 1. The molecule has 0 heterocycles. The number of halogens is 4. The van der Waals surface area contributed by atoms with Gasteiger partial charge in [-0.15, -0.1) is 11.6 Å². The van der Waals surface area contributed by atoms with Gasteiger partial charge in [-0.25, -0.2) is 0 Å². The van der Waals surface area contributed by atoms with Crippen LogP contribution in [0, 0.1) is 0 Å². The van der Waals surface area contributed by atoms with Crippen LogP contribution in [0.3, 0.4) is 0 Å². The highest BCUT2D eigenvalue weighted by Gasteiger charge is 2.30. The lowest BCUT2D eigenvalue weighted by atomic mass is 10.1. The molecule has 2 nitrogen and oxygen atoms in total. The number of alkyl halides is 4. The van der Waals surface area contributed by atoms with Gasteiger partial charge in [0.15, 0.2) is 0 Å². The second-order valence-corrected chi connectivity index (χ2v) is 4.19. The Labute approximate surface area is 109 Å². The highest BCUT2D eigenvalue weighted by molar-refractivity contribution is 6.18. The van der Waals surface area contributed by atoms with Gasteiger partial charge in [0.25, 0.3) is 0 Å². The number of rotatable bonds is 6. The van der Waals surface area contributed by atoms with Crippen molar-refractivity contribution in [2.75, 3.05) is 19.6 Å². The lowest BCUT2D eigenvalue weighted by Crippen LogP contribution is -2.34. The van der Waals surface area contributed by atoms with Gasteiger partial charge in [-0.05, 0) is 11.6 Å². The van der Waals surface area contributed by atoms with Gasteiger partial charge in [0.2, 0.25) is 0 Å². The first-order valence-corrected chi connectivity index (χ1v) is 5.95. The van der Waals surface area contributed by atoms with E-state index in [-0.39, 0.29) is 6.04 Å². The quantitative estimate of drug-likeness (QED) is 0.809.